The van der Waals surface area contributed by atoms with E-state index in [1.54, 1.807) is 28.8 Å². The lowest BCUT2D eigenvalue weighted by Crippen LogP contribution is -2.41. The Labute approximate surface area is 191 Å². The third-order valence-electron chi connectivity index (χ3n) is 5.16. The zero-order chi connectivity index (χ0) is 21.4. The van der Waals surface area contributed by atoms with Gasteiger partial charge in [-0.25, -0.2) is 18.4 Å². The molecule has 1 aliphatic rings. The van der Waals surface area contributed by atoms with Crippen LogP contribution in [0.25, 0.3) is 20.9 Å². The highest BCUT2D eigenvalue weighted by Crippen LogP contribution is 2.32. The number of amides is 1. The number of benzene rings is 1. The molecule has 3 aromatic heterocycles. The molecule has 1 saturated heterocycles. The van der Waals surface area contributed by atoms with E-state index in [1.165, 1.54) is 27.0 Å². The number of thiophene rings is 1. The Morgan fingerprint density at radius 2 is 1.87 bits per heavy atom. The summed E-state index contributed by atoms with van der Waals surface area (Å²) in [5.74, 6) is -0.344. The SMILES string of the molecule is O=C(Nc1nc(-c2nc3ccccc3s2)cs1)C1CCN(S(=O)(=O)c2cccs2)CC1. The molecule has 4 aromatic rings. The fourth-order valence-corrected chi connectivity index (χ4v) is 7.83. The number of hydrogen-bond acceptors (Lipinski definition) is 8. The molecule has 0 aliphatic carbocycles. The van der Waals surface area contributed by atoms with Crippen LogP contribution in [0, 0.1) is 5.92 Å². The summed E-state index contributed by atoms with van der Waals surface area (Å²) in [6, 6.07) is 11.3. The van der Waals surface area contributed by atoms with Crippen LogP contribution in [0.2, 0.25) is 0 Å². The van der Waals surface area contributed by atoms with Gasteiger partial charge in [0.25, 0.3) is 10.0 Å². The summed E-state index contributed by atoms with van der Waals surface area (Å²) >= 11 is 4.15. The van der Waals surface area contributed by atoms with Gasteiger partial charge < -0.3 is 5.32 Å². The quantitative estimate of drug-likeness (QED) is 0.444. The molecule has 1 amide bonds. The zero-order valence-electron chi connectivity index (χ0n) is 16.2. The normalized spacial score (nSPS) is 16.0. The van der Waals surface area contributed by atoms with E-state index < -0.39 is 10.0 Å². The highest BCUT2D eigenvalue weighted by molar-refractivity contribution is 7.91. The molecule has 0 unspecified atom stereocenters. The van der Waals surface area contributed by atoms with Crippen molar-refractivity contribution in [1.82, 2.24) is 14.3 Å². The number of sulfonamides is 1. The summed E-state index contributed by atoms with van der Waals surface area (Å²) < 4.78 is 28.2. The van der Waals surface area contributed by atoms with Crippen LogP contribution >= 0.6 is 34.0 Å². The highest BCUT2D eigenvalue weighted by Gasteiger charge is 2.32. The Bertz CT molecular complexity index is 1290. The number of para-hydroxylation sites is 1. The van der Waals surface area contributed by atoms with Crippen molar-refractivity contribution in [3.8, 4) is 10.7 Å². The minimum Gasteiger partial charge on any atom is -0.302 e. The number of rotatable bonds is 5. The van der Waals surface area contributed by atoms with E-state index in [4.69, 9.17) is 0 Å². The number of carbonyl (C=O) groups is 1. The van der Waals surface area contributed by atoms with E-state index in [0.717, 1.165) is 20.9 Å². The van der Waals surface area contributed by atoms with Crippen molar-refractivity contribution >= 4 is 65.3 Å². The fourth-order valence-electron chi connectivity index (χ4n) is 3.51. The number of anilines is 1. The number of aromatic nitrogens is 2. The van der Waals surface area contributed by atoms with E-state index in [-0.39, 0.29) is 11.8 Å². The number of piperidine rings is 1. The van der Waals surface area contributed by atoms with Crippen molar-refractivity contribution in [3.05, 3.63) is 47.2 Å². The largest absolute Gasteiger partial charge is 0.302 e. The van der Waals surface area contributed by atoms with Crippen LogP contribution < -0.4 is 5.32 Å². The van der Waals surface area contributed by atoms with Gasteiger partial charge in [0.05, 0.1) is 10.2 Å². The number of nitrogens with one attached hydrogen (secondary N) is 1. The summed E-state index contributed by atoms with van der Waals surface area (Å²) in [6.45, 7) is 0.681. The van der Waals surface area contributed by atoms with Gasteiger partial charge in [-0.3, -0.25) is 4.79 Å². The Balaban J connectivity index is 1.22. The van der Waals surface area contributed by atoms with Crippen molar-refractivity contribution in [2.45, 2.75) is 17.1 Å². The second-order valence-corrected chi connectivity index (χ2v) is 12.1. The molecule has 4 heterocycles. The number of thiazole rings is 2. The second-order valence-electron chi connectivity index (χ2n) is 7.12. The Morgan fingerprint density at radius 3 is 2.61 bits per heavy atom. The summed E-state index contributed by atoms with van der Waals surface area (Å²) in [6.07, 6.45) is 0.985. The maximum Gasteiger partial charge on any atom is 0.252 e. The molecule has 11 heteroatoms. The van der Waals surface area contributed by atoms with Gasteiger partial charge in [0, 0.05) is 24.4 Å². The van der Waals surface area contributed by atoms with Crippen LogP contribution in [0.1, 0.15) is 12.8 Å². The smallest absolute Gasteiger partial charge is 0.252 e. The molecule has 0 bridgehead atoms. The van der Waals surface area contributed by atoms with E-state index in [9.17, 15) is 13.2 Å². The van der Waals surface area contributed by atoms with Gasteiger partial charge in [-0.15, -0.1) is 34.0 Å². The molecule has 1 N–H and O–H groups in total. The first-order valence-corrected chi connectivity index (χ1v) is 13.7. The molecule has 0 radical (unpaired) electrons. The molecule has 7 nitrogen and oxygen atoms in total. The fraction of sp³-hybridized carbons (Fsp3) is 0.250. The maximum atomic E-state index is 12.7. The summed E-state index contributed by atoms with van der Waals surface area (Å²) in [4.78, 5) is 21.8. The van der Waals surface area contributed by atoms with Crippen molar-refractivity contribution in [1.29, 1.82) is 0 Å². The molecule has 0 atom stereocenters. The van der Waals surface area contributed by atoms with Crippen LogP contribution in [0.15, 0.2) is 51.4 Å². The highest BCUT2D eigenvalue weighted by atomic mass is 32.2. The van der Waals surface area contributed by atoms with Gasteiger partial charge in [0.1, 0.15) is 14.9 Å². The van der Waals surface area contributed by atoms with E-state index >= 15 is 0 Å². The van der Waals surface area contributed by atoms with Crippen molar-refractivity contribution in [3.63, 3.8) is 0 Å². The van der Waals surface area contributed by atoms with Gasteiger partial charge in [-0.2, -0.15) is 4.31 Å². The van der Waals surface area contributed by atoms with Gasteiger partial charge >= 0.3 is 0 Å². The van der Waals surface area contributed by atoms with Crippen molar-refractivity contribution in [2.75, 3.05) is 18.4 Å². The molecule has 31 heavy (non-hydrogen) atoms. The van der Waals surface area contributed by atoms with E-state index in [1.807, 2.05) is 29.6 Å². The monoisotopic (exact) mass is 490 g/mol. The lowest BCUT2D eigenvalue weighted by molar-refractivity contribution is -0.120. The first-order chi connectivity index (χ1) is 15.0. The Morgan fingerprint density at radius 1 is 1.06 bits per heavy atom. The van der Waals surface area contributed by atoms with Crippen LogP contribution in [0.4, 0.5) is 5.13 Å². The molecule has 1 fully saturated rings. The lowest BCUT2D eigenvalue weighted by atomic mass is 9.97. The Hall–Kier alpha value is -2.18. The maximum absolute atomic E-state index is 12.7. The molecular formula is C20H18N4O3S4. The van der Waals surface area contributed by atoms with Crippen molar-refractivity contribution < 1.29 is 13.2 Å². The molecular weight excluding hydrogens is 473 g/mol. The minimum atomic E-state index is -3.46. The summed E-state index contributed by atoms with van der Waals surface area (Å²) in [7, 11) is -3.46. The van der Waals surface area contributed by atoms with E-state index in [2.05, 4.69) is 15.3 Å². The zero-order valence-corrected chi connectivity index (χ0v) is 19.5. The van der Waals surface area contributed by atoms with Gasteiger partial charge in [0.15, 0.2) is 5.13 Å². The first kappa shape index (κ1) is 20.7. The number of hydrogen-bond donors (Lipinski definition) is 1. The van der Waals surface area contributed by atoms with Crippen molar-refractivity contribution in [2.24, 2.45) is 5.92 Å². The topological polar surface area (TPSA) is 92.3 Å². The second kappa shape index (κ2) is 8.40. The molecule has 160 valence electrons. The standard InChI is InChI=1S/C20H18N4O3S4/c25-18(13-7-9-24(10-8-13)31(26,27)17-6-3-11-28-17)23-20-22-15(12-29-20)19-21-14-4-1-2-5-16(14)30-19/h1-6,11-13H,7-10H2,(H,22,23,25). The van der Waals surface area contributed by atoms with Gasteiger partial charge in [-0.1, -0.05) is 18.2 Å². The third-order valence-corrected chi connectivity index (χ3v) is 10.2. The summed E-state index contributed by atoms with van der Waals surface area (Å²) in [5, 5.41) is 7.90. The lowest BCUT2D eigenvalue weighted by Gasteiger charge is -2.29. The van der Waals surface area contributed by atoms with Gasteiger partial charge in [0.2, 0.25) is 5.91 Å². The number of nitrogens with zero attached hydrogens (tertiary/aromatic N) is 3. The van der Waals surface area contributed by atoms with Crippen LogP contribution in [0.3, 0.4) is 0 Å². The third kappa shape index (κ3) is 4.15. The molecule has 1 aromatic carbocycles. The summed E-state index contributed by atoms with van der Waals surface area (Å²) in [5.41, 5.74) is 1.68. The van der Waals surface area contributed by atoms with Gasteiger partial charge in [-0.05, 0) is 36.4 Å². The van der Waals surface area contributed by atoms with Crippen LogP contribution in [-0.4, -0.2) is 41.7 Å². The molecule has 0 saturated carbocycles. The number of fused-ring (bicyclic) bond motifs is 1. The average Bonchev–Trinajstić information content (AvgIpc) is 3.53. The average molecular weight is 491 g/mol. The first-order valence-electron chi connectivity index (χ1n) is 9.67. The molecule has 5 rings (SSSR count). The van der Waals surface area contributed by atoms with Crippen LogP contribution in [0.5, 0.6) is 0 Å². The minimum absolute atomic E-state index is 0.113. The molecule has 1 aliphatic heterocycles. The molecule has 0 spiro atoms. The predicted molar refractivity (Wildman–Crippen MR) is 125 cm³/mol. The van der Waals surface area contributed by atoms with Crippen LogP contribution in [-0.2, 0) is 14.8 Å². The number of carbonyl (C=O) groups excluding carboxylic acids is 1. The predicted octanol–water partition coefficient (Wildman–Crippen LogP) is 4.52. The Kier molecular flexibility index (Phi) is 5.61. The van der Waals surface area contributed by atoms with E-state index in [0.29, 0.717) is 35.3 Å².